The predicted octanol–water partition coefficient (Wildman–Crippen LogP) is 1.18. The van der Waals surface area contributed by atoms with Crippen molar-refractivity contribution in [1.29, 1.82) is 5.26 Å². The molecule has 2 fully saturated rings. The number of amides is 2. The van der Waals surface area contributed by atoms with Crippen molar-refractivity contribution in [1.82, 2.24) is 25.4 Å². The summed E-state index contributed by atoms with van der Waals surface area (Å²) in [6, 6.07) is 3.83. The lowest BCUT2D eigenvalue weighted by Gasteiger charge is -2.34. The quantitative estimate of drug-likeness (QED) is 0.863. The van der Waals surface area contributed by atoms with Crippen LogP contribution in [0.1, 0.15) is 36.0 Å². The van der Waals surface area contributed by atoms with Gasteiger partial charge in [-0.25, -0.2) is 9.78 Å². The van der Waals surface area contributed by atoms with Crippen LogP contribution in [0.4, 0.5) is 10.7 Å². The van der Waals surface area contributed by atoms with Crippen molar-refractivity contribution in [2.24, 2.45) is 0 Å². The van der Waals surface area contributed by atoms with Crippen molar-refractivity contribution in [3.8, 4) is 6.07 Å². The van der Waals surface area contributed by atoms with Gasteiger partial charge in [0, 0.05) is 38.3 Å². The summed E-state index contributed by atoms with van der Waals surface area (Å²) in [5.74, 6) is 1.59. The number of nitrogens with one attached hydrogen (secondary N) is 2. The Morgan fingerprint density at radius 1 is 1.40 bits per heavy atom. The smallest absolute Gasteiger partial charge is 0.317 e. The first kappa shape index (κ1) is 15.5. The zero-order chi connectivity index (χ0) is 17.2. The maximum Gasteiger partial charge on any atom is 0.317 e. The highest BCUT2D eigenvalue weighted by Gasteiger charge is 2.32. The largest absolute Gasteiger partial charge is 0.423 e. The molecule has 1 saturated heterocycles. The van der Waals surface area contributed by atoms with Crippen LogP contribution in [0.2, 0.25) is 0 Å². The number of carbonyl (C=O) groups is 1. The molecular weight excluding hydrogens is 322 g/mol. The third kappa shape index (κ3) is 3.28. The molecule has 2 amide bonds. The average molecular weight is 341 g/mol. The van der Waals surface area contributed by atoms with Crippen molar-refractivity contribution in [2.45, 2.75) is 25.3 Å². The third-order valence-corrected chi connectivity index (χ3v) is 4.50. The van der Waals surface area contributed by atoms with E-state index in [1.807, 2.05) is 11.0 Å². The molecule has 130 valence electrons. The van der Waals surface area contributed by atoms with Gasteiger partial charge in [-0.2, -0.15) is 10.4 Å². The molecule has 0 aromatic carbocycles. The molecule has 1 aliphatic carbocycles. The van der Waals surface area contributed by atoms with Crippen LogP contribution < -0.4 is 10.2 Å². The van der Waals surface area contributed by atoms with Gasteiger partial charge in [-0.15, -0.1) is 0 Å². The van der Waals surface area contributed by atoms with Crippen LogP contribution in [0.3, 0.4) is 0 Å². The van der Waals surface area contributed by atoms with Crippen molar-refractivity contribution < 1.29 is 9.21 Å². The number of aromatic amines is 1. The van der Waals surface area contributed by atoms with Gasteiger partial charge in [-0.3, -0.25) is 5.10 Å². The fourth-order valence-electron chi connectivity index (χ4n) is 2.90. The summed E-state index contributed by atoms with van der Waals surface area (Å²) in [4.78, 5) is 20.3. The maximum absolute atomic E-state index is 12.2. The molecule has 1 aliphatic heterocycles. The summed E-state index contributed by atoms with van der Waals surface area (Å²) in [6.45, 7) is 2.79. The van der Waals surface area contributed by atoms with Gasteiger partial charge in [0.15, 0.2) is 0 Å². The molecule has 0 unspecified atom stereocenters. The number of nitriles is 1. The summed E-state index contributed by atoms with van der Waals surface area (Å²) < 4.78 is 5.82. The minimum absolute atomic E-state index is 0.106. The standard InChI is InChI=1S/C16H19N7O2/c17-9-13-15(25-14(20-13)11-1-2-11)22-5-7-23(8-6-22)16(24)18-10-12-3-4-19-21-12/h3-4,11H,1-2,5-8,10H2,(H,18,24)(H,19,21). The molecule has 2 aromatic heterocycles. The van der Waals surface area contributed by atoms with Gasteiger partial charge < -0.3 is 19.5 Å². The van der Waals surface area contributed by atoms with Crippen molar-refractivity contribution >= 4 is 11.9 Å². The van der Waals surface area contributed by atoms with Crippen molar-refractivity contribution in [3.05, 3.63) is 29.5 Å². The van der Waals surface area contributed by atoms with E-state index in [4.69, 9.17) is 4.42 Å². The second-order valence-corrected chi connectivity index (χ2v) is 6.31. The first-order chi connectivity index (χ1) is 12.2. The molecule has 2 aliphatic rings. The normalized spacial score (nSPS) is 17.4. The lowest BCUT2D eigenvalue weighted by Crippen LogP contribution is -2.51. The van der Waals surface area contributed by atoms with Crippen LogP contribution in [0, 0.1) is 11.3 Å². The molecule has 2 aromatic rings. The van der Waals surface area contributed by atoms with Gasteiger partial charge in [0.05, 0.1) is 12.2 Å². The molecule has 4 rings (SSSR count). The Morgan fingerprint density at radius 2 is 2.20 bits per heavy atom. The predicted molar refractivity (Wildman–Crippen MR) is 87.8 cm³/mol. The van der Waals surface area contributed by atoms with Crippen LogP contribution in [0.25, 0.3) is 0 Å². The van der Waals surface area contributed by atoms with Gasteiger partial charge in [0.2, 0.25) is 17.5 Å². The van der Waals surface area contributed by atoms with Crippen LogP contribution in [0.5, 0.6) is 0 Å². The molecule has 25 heavy (non-hydrogen) atoms. The number of hydrogen-bond acceptors (Lipinski definition) is 6. The number of aromatic nitrogens is 3. The Kier molecular flexibility index (Phi) is 4.01. The van der Waals surface area contributed by atoms with E-state index in [1.54, 1.807) is 11.1 Å². The maximum atomic E-state index is 12.2. The fraction of sp³-hybridized carbons (Fsp3) is 0.500. The number of carbonyl (C=O) groups excluding carboxylic acids is 1. The van der Waals surface area contributed by atoms with E-state index in [2.05, 4.69) is 26.6 Å². The van der Waals surface area contributed by atoms with Gasteiger partial charge in [0.25, 0.3) is 0 Å². The molecule has 0 radical (unpaired) electrons. The van der Waals surface area contributed by atoms with Gasteiger partial charge in [-0.05, 0) is 18.9 Å². The number of piperazine rings is 1. The molecule has 0 atom stereocenters. The van der Waals surface area contributed by atoms with Crippen LogP contribution in [0.15, 0.2) is 16.7 Å². The van der Waals surface area contributed by atoms with Crippen LogP contribution >= 0.6 is 0 Å². The van der Waals surface area contributed by atoms with Gasteiger partial charge in [0.1, 0.15) is 6.07 Å². The minimum Gasteiger partial charge on any atom is -0.423 e. The minimum atomic E-state index is -0.106. The van der Waals surface area contributed by atoms with E-state index >= 15 is 0 Å². The highest BCUT2D eigenvalue weighted by Crippen LogP contribution is 2.41. The lowest BCUT2D eigenvalue weighted by molar-refractivity contribution is 0.193. The van der Waals surface area contributed by atoms with Crippen molar-refractivity contribution in [2.75, 3.05) is 31.1 Å². The summed E-state index contributed by atoms with van der Waals surface area (Å²) in [6.07, 6.45) is 3.81. The Hall–Kier alpha value is -3.02. The van der Waals surface area contributed by atoms with Crippen LogP contribution in [-0.2, 0) is 6.54 Å². The number of oxazole rings is 1. The number of rotatable bonds is 4. The number of nitrogens with zero attached hydrogens (tertiary/aromatic N) is 5. The Labute approximate surface area is 144 Å². The third-order valence-electron chi connectivity index (χ3n) is 4.50. The zero-order valence-electron chi connectivity index (χ0n) is 13.7. The SMILES string of the molecule is N#Cc1nc(C2CC2)oc1N1CCN(C(=O)NCc2ccn[nH]2)CC1. The Morgan fingerprint density at radius 3 is 2.84 bits per heavy atom. The summed E-state index contributed by atoms with van der Waals surface area (Å²) in [5.41, 5.74) is 1.21. The van der Waals surface area contributed by atoms with E-state index in [0.29, 0.717) is 56.1 Å². The fourth-order valence-corrected chi connectivity index (χ4v) is 2.90. The molecule has 1 saturated carbocycles. The molecule has 3 heterocycles. The first-order valence-electron chi connectivity index (χ1n) is 8.41. The van der Waals surface area contributed by atoms with E-state index < -0.39 is 0 Å². The van der Waals surface area contributed by atoms with Crippen molar-refractivity contribution in [3.63, 3.8) is 0 Å². The monoisotopic (exact) mass is 341 g/mol. The van der Waals surface area contributed by atoms with Crippen LogP contribution in [-0.4, -0.2) is 52.3 Å². The molecule has 0 spiro atoms. The highest BCUT2D eigenvalue weighted by molar-refractivity contribution is 5.74. The average Bonchev–Trinajstić information content (AvgIpc) is 3.20. The molecule has 0 bridgehead atoms. The van der Waals surface area contributed by atoms with Gasteiger partial charge >= 0.3 is 6.03 Å². The second-order valence-electron chi connectivity index (χ2n) is 6.31. The first-order valence-corrected chi connectivity index (χ1v) is 8.41. The summed E-state index contributed by atoms with van der Waals surface area (Å²) in [5, 5.41) is 18.8. The van der Waals surface area contributed by atoms with E-state index in [-0.39, 0.29) is 6.03 Å². The number of anilines is 1. The van der Waals surface area contributed by atoms with E-state index in [0.717, 1.165) is 18.5 Å². The summed E-state index contributed by atoms with van der Waals surface area (Å²) >= 11 is 0. The van der Waals surface area contributed by atoms with Gasteiger partial charge in [-0.1, -0.05) is 0 Å². The molecule has 2 N–H and O–H groups in total. The molecule has 9 nitrogen and oxygen atoms in total. The second kappa shape index (κ2) is 6.47. The topological polar surface area (TPSA) is 114 Å². The molecular formula is C16H19N7O2. The Bertz CT molecular complexity index is 780. The number of H-pyrrole nitrogens is 1. The van der Waals surface area contributed by atoms with E-state index in [9.17, 15) is 10.1 Å². The lowest BCUT2D eigenvalue weighted by atomic mass is 10.3. The summed E-state index contributed by atoms with van der Waals surface area (Å²) in [7, 11) is 0. The van der Waals surface area contributed by atoms with E-state index in [1.165, 1.54) is 0 Å². The zero-order valence-corrected chi connectivity index (χ0v) is 13.7. The number of urea groups is 1. The highest BCUT2D eigenvalue weighted by atomic mass is 16.4. The number of hydrogen-bond donors (Lipinski definition) is 2. The molecule has 9 heteroatoms. The Balaban J connectivity index is 1.33.